The van der Waals surface area contributed by atoms with E-state index in [1.165, 1.54) is 0 Å². The molecule has 0 aromatic heterocycles. The van der Waals surface area contributed by atoms with E-state index in [1.54, 1.807) is 0 Å². The van der Waals surface area contributed by atoms with Crippen LogP contribution in [0.4, 0.5) is 0 Å². The zero-order valence-electron chi connectivity index (χ0n) is 5.33. The van der Waals surface area contributed by atoms with Crippen molar-refractivity contribution in [1.82, 2.24) is 0 Å². The first-order chi connectivity index (χ1) is 0. The van der Waals surface area contributed by atoms with Crippen molar-refractivity contribution < 1.29 is 122 Å². The Morgan fingerprint density at radius 2 is 0.333 bits per heavy atom. The van der Waals surface area contributed by atoms with Crippen LogP contribution in [-0.2, 0) is 37.6 Å². The standard InChI is InChI=1S/La.Mo.Ni.9H2O/h;;;9*1H2/q+3;+4;+2;;;;;;;;;/p-9. The molecule has 9 N–H and O–H groups in total. The van der Waals surface area contributed by atoms with Crippen LogP contribution in [0.2, 0.25) is 0 Å². The van der Waals surface area contributed by atoms with E-state index >= 15 is 0 Å². The zero-order chi connectivity index (χ0) is 0. The molecule has 12 heavy (non-hydrogen) atoms. The summed E-state index contributed by atoms with van der Waals surface area (Å²) < 4.78 is 0. The van der Waals surface area contributed by atoms with Gasteiger partial charge < -0.3 is 49.3 Å². The normalized spacial score (nSPS) is 0. The molecule has 0 rings (SSSR count). The van der Waals surface area contributed by atoms with Crippen LogP contribution in [0.5, 0.6) is 0 Å². The number of hydrogen-bond acceptors (Lipinski definition) is 9. The summed E-state index contributed by atoms with van der Waals surface area (Å²) in [6, 6.07) is 0. The number of hydrogen-bond donors (Lipinski definition) is 0. The van der Waals surface area contributed by atoms with Crippen molar-refractivity contribution in [1.29, 1.82) is 0 Å². The van der Waals surface area contributed by atoms with Crippen LogP contribution in [0.15, 0.2) is 0 Å². The molecule has 0 fully saturated rings. The van der Waals surface area contributed by atoms with E-state index in [9.17, 15) is 0 Å². The van der Waals surface area contributed by atoms with Gasteiger partial charge in [0.1, 0.15) is 0 Å². The second-order valence-corrected chi connectivity index (χ2v) is 0. The summed E-state index contributed by atoms with van der Waals surface area (Å²) in [5, 5.41) is 0. The fourth-order valence-electron chi connectivity index (χ4n) is 0. The molecular weight excluding hydrogens is 438 g/mol. The first-order valence-electron chi connectivity index (χ1n) is 0. The zero-order valence-corrected chi connectivity index (χ0v) is 11.9. The van der Waals surface area contributed by atoms with Gasteiger partial charge in [-0.05, 0) is 0 Å². The van der Waals surface area contributed by atoms with Gasteiger partial charge >= 0.3 is 73.2 Å². The van der Waals surface area contributed by atoms with Gasteiger partial charge in [-0.25, -0.2) is 0 Å². The van der Waals surface area contributed by atoms with Crippen LogP contribution in [0.25, 0.3) is 0 Å². The van der Waals surface area contributed by atoms with Crippen LogP contribution < -0.4 is 0 Å². The molecule has 0 atom stereocenters. The summed E-state index contributed by atoms with van der Waals surface area (Å²) in [6.07, 6.45) is 0. The molecule has 9 nitrogen and oxygen atoms in total. The molecule has 0 bridgehead atoms. The molecule has 0 aliphatic rings. The van der Waals surface area contributed by atoms with Crippen molar-refractivity contribution in [2.75, 3.05) is 0 Å². The largest absolute Gasteiger partial charge is 4.00 e. The predicted octanol–water partition coefficient (Wildman–Crippen LogP) is -1.60. The van der Waals surface area contributed by atoms with Gasteiger partial charge in [-0.2, -0.15) is 0 Å². The quantitative estimate of drug-likeness (QED) is 0.387. The third-order valence-electron chi connectivity index (χ3n) is 0. The van der Waals surface area contributed by atoms with Crippen LogP contribution in [-0.4, -0.2) is 49.3 Å². The van der Waals surface area contributed by atoms with E-state index in [2.05, 4.69) is 0 Å². The Bertz CT molecular complexity index is 14.5. The van der Waals surface area contributed by atoms with Crippen molar-refractivity contribution in [3.8, 4) is 0 Å². The molecule has 0 saturated carbocycles. The molecule has 0 saturated heterocycles. The van der Waals surface area contributed by atoms with E-state index in [1.807, 2.05) is 0 Å². The second kappa shape index (κ2) is 462. The molecule has 0 spiro atoms. The van der Waals surface area contributed by atoms with E-state index in [0.29, 0.717) is 0 Å². The van der Waals surface area contributed by atoms with E-state index in [-0.39, 0.29) is 122 Å². The maximum atomic E-state index is 0. The van der Waals surface area contributed by atoms with Crippen LogP contribution in [0, 0.1) is 35.6 Å². The Morgan fingerprint density at radius 1 is 0.333 bits per heavy atom. The maximum Gasteiger partial charge on any atom is 4.00 e. The van der Waals surface area contributed by atoms with Crippen molar-refractivity contribution in [3.63, 3.8) is 0 Å². The first-order valence-corrected chi connectivity index (χ1v) is 0. The van der Waals surface area contributed by atoms with Gasteiger partial charge in [0.15, 0.2) is 0 Å². The molecule has 0 radical (unpaired) electrons. The van der Waals surface area contributed by atoms with Crippen LogP contribution >= 0.6 is 0 Å². The minimum Gasteiger partial charge on any atom is -0.870 e. The molecular formula is H9LaMoNiO9. The topological polar surface area (TPSA) is 270 Å². The molecule has 0 aliphatic heterocycles. The maximum absolute atomic E-state index is 0. The summed E-state index contributed by atoms with van der Waals surface area (Å²) in [4.78, 5) is 0. The third kappa shape index (κ3) is 359. The molecule has 0 aromatic carbocycles. The van der Waals surface area contributed by atoms with Gasteiger partial charge in [0.2, 0.25) is 0 Å². The summed E-state index contributed by atoms with van der Waals surface area (Å²) in [7, 11) is 0. The van der Waals surface area contributed by atoms with Gasteiger partial charge in [-0.1, -0.05) is 0 Å². The van der Waals surface area contributed by atoms with Crippen molar-refractivity contribution in [3.05, 3.63) is 0 Å². The minimum absolute atomic E-state index is 0. The van der Waals surface area contributed by atoms with Crippen molar-refractivity contribution in [2.45, 2.75) is 0 Å². The first kappa shape index (κ1) is 584. The molecule has 0 heterocycles. The fraction of sp³-hybridized carbons (Fsp3) is 0. The predicted molar refractivity (Wildman–Crippen MR) is 17.4 cm³/mol. The Morgan fingerprint density at radius 3 is 0.333 bits per heavy atom. The summed E-state index contributed by atoms with van der Waals surface area (Å²) in [5.41, 5.74) is 0. The SMILES string of the molecule is [La+3].[Mo+4].[Ni+2].[OH-].[OH-].[OH-].[OH-].[OH-].[OH-].[OH-].[OH-].[OH-]. The molecule has 82 valence electrons. The molecule has 0 aliphatic carbocycles. The van der Waals surface area contributed by atoms with Crippen molar-refractivity contribution in [2.24, 2.45) is 0 Å². The Balaban J connectivity index is 0. The molecule has 12 heteroatoms. The Hall–Kier alpha value is 2.02. The Kier molecular flexibility index (Phi) is 22500. The van der Waals surface area contributed by atoms with Gasteiger partial charge in [0, 0.05) is 0 Å². The summed E-state index contributed by atoms with van der Waals surface area (Å²) in [6.45, 7) is 0. The van der Waals surface area contributed by atoms with Gasteiger partial charge in [-0.15, -0.1) is 0 Å². The molecule has 0 unspecified atom stereocenters. The summed E-state index contributed by atoms with van der Waals surface area (Å²) in [5.74, 6) is 0. The third-order valence-corrected chi connectivity index (χ3v) is 0. The molecule has 0 aromatic rings. The van der Waals surface area contributed by atoms with Gasteiger partial charge in [0.05, 0.1) is 0 Å². The Labute approximate surface area is 121 Å². The minimum atomic E-state index is 0. The van der Waals surface area contributed by atoms with Crippen LogP contribution in [0.1, 0.15) is 0 Å². The smallest absolute Gasteiger partial charge is 0.870 e. The number of rotatable bonds is 0. The molecule has 0 amide bonds. The second-order valence-electron chi connectivity index (χ2n) is 0. The van der Waals surface area contributed by atoms with E-state index in [4.69, 9.17) is 0 Å². The van der Waals surface area contributed by atoms with Crippen LogP contribution in [0.3, 0.4) is 0 Å². The van der Waals surface area contributed by atoms with Gasteiger partial charge in [0.25, 0.3) is 0 Å². The average molecular weight is 447 g/mol. The monoisotopic (exact) mass is 448 g/mol. The fourth-order valence-corrected chi connectivity index (χ4v) is 0. The van der Waals surface area contributed by atoms with E-state index < -0.39 is 0 Å². The van der Waals surface area contributed by atoms with Crippen molar-refractivity contribution >= 4 is 0 Å². The average Bonchev–Trinajstić information content (AvgIpc) is 0. The van der Waals surface area contributed by atoms with E-state index in [0.717, 1.165) is 0 Å². The summed E-state index contributed by atoms with van der Waals surface area (Å²) >= 11 is 0. The van der Waals surface area contributed by atoms with Gasteiger partial charge in [-0.3, -0.25) is 0 Å².